The number of anilines is 1. The van der Waals surface area contributed by atoms with Gasteiger partial charge in [-0.15, -0.1) is 11.3 Å². The lowest BCUT2D eigenvalue weighted by atomic mass is 10.1. The van der Waals surface area contributed by atoms with Crippen LogP contribution in [0.3, 0.4) is 0 Å². The number of fused-ring (bicyclic) bond motifs is 2. The number of pyridine rings is 1. The van der Waals surface area contributed by atoms with Crippen molar-refractivity contribution in [1.29, 1.82) is 0 Å². The molecule has 0 aliphatic carbocycles. The molecule has 0 fully saturated rings. The van der Waals surface area contributed by atoms with E-state index in [4.69, 9.17) is 16.6 Å². The van der Waals surface area contributed by atoms with E-state index in [1.54, 1.807) is 11.7 Å². The quantitative estimate of drug-likeness (QED) is 0.406. The van der Waals surface area contributed by atoms with Gasteiger partial charge in [0.1, 0.15) is 10.3 Å². The molecule has 144 valence electrons. The molecule has 0 spiro atoms. The Balaban J connectivity index is 1.43. The molecular formula is C21H17ClN6S. The van der Waals surface area contributed by atoms with Crippen LogP contribution >= 0.6 is 22.9 Å². The summed E-state index contributed by atoms with van der Waals surface area (Å²) in [5.74, 6) is 1.40. The maximum Gasteiger partial charge on any atom is 0.165 e. The molecule has 0 saturated heterocycles. The van der Waals surface area contributed by atoms with E-state index in [1.807, 2.05) is 43.5 Å². The minimum Gasteiger partial charge on any atom is -0.368 e. The second kappa shape index (κ2) is 7.42. The van der Waals surface area contributed by atoms with Crippen LogP contribution in [0, 0.1) is 6.92 Å². The number of hydrogen-bond donors (Lipinski definition) is 2. The fourth-order valence-electron chi connectivity index (χ4n) is 3.40. The minimum absolute atomic E-state index is 0.661. The average Bonchev–Trinajstić information content (AvgIpc) is 3.35. The van der Waals surface area contributed by atoms with Crippen LogP contribution in [0.25, 0.3) is 32.6 Å². The van der Waals surface area contributed by atoms with Gasteiger partial charge in [0.15, 0.2) is 11.6 Å². The van der Waals surface area contributed by atoms with Crippen LogP contribution in [0.4, 0.5) is 5.82 Å². The minimum atomic E-state index is 0.661. The van der Waals surface area contributed by atoms with Gasteiger partial charge < -0.3 is 10.3 Å². The van der Waals surface area contributed by atoms with Crippen molar-refractivity contribution in [3.05, 3.63) is 64.5 Å². The number of aromatic nitrogens is 5. The Labute approximate surface area is 176 Å². The lowest BCUT2D eigenvalue weighted by molar-refractivity contribution is 1.01. The second-order valence-electron chi connectivity index (χ2n) is 6.72. The van der Waals surface area contributed by atoms with Crippen molar-refractivity contribution >= 4 is 50.0 Å². The van der Waals surface area contributed by atoms with Crippen molar-refractivity contribution in [2.45, 2.75) is 13.3 Å². The summed E-state index contributed by atoms with van der Waals surface area (Å²) in [5, 5.41) is 5.33. The Kier molecular flexibility index (Phi) is 4.61. The van der Waals surface area contributed by atoms with Gasteiger partial charge in [-0.1, -0.05) is 11.6 Å². The van der Waals surface area contributed by atoms with Crippen LogP contribution in [-0.2, 0) is 6.42 Å². The summed E-state index contributed by atoms with van der Waals surface area (Å²) in [7, 11) is 0. The molecule has 0 amide bonds. The highest BCUT2D eigenvalue weighted by molar-refractivity contribution is 7.16. The van der Waals surface area contributed by atoms with E-state index >= 15 is 0 Å². The Morgan fingerprint density at radius 3 is 3.00 bits per heavy atom. The van der Waals surface area contributed by atoms with Crippen molar-refractivity contribution in [3.63, 3.8) is 0 Å². The number of H-pyrrole nitrogens is 1. The maximum atomic E-state index is 6.16. The highest BCUT2D eigenvalue weighted by Crippen LogP contribution is 2.28. The van der Waals surface area contributed by atoms with Crippen LogP contribution in [0.2, 0.25) is 5.02 Å². The van der Waals surface area contributed by atoms with Crippen LogP contribution < -0.4 is 5.32 Å². The third kappa shape index (κ3) is 3.43. The van der Waals surface area contributed by atoms with E-state index in [1.165, 1.54) is 16.9 Å². The highest BCUT2D eigenvalue weighted by Gasteiger charge is 2.13. The highest BCUT2D eigenvalue weighted by atomic mass is 35.5. The molecule has 5 rings (SSSR count). The van der Waals surface area contributed by atoms with Crippen LogP contribution in [0.15, 0.2) is 48.2 Å². The largest absolute Gasteiger partial charge is 0.368 e. The van der Waals surface area contributed by atoms with E-state index in [0.717, 1.165) is 49.8 Å². The lowest BCUT2D eigenvalue weighted by Crippen LogP contribution is -2.08. The van der Waals surface area contributed by atoms with Crippen molar-refractivity contribution in [3.8, 4) is 11.4 Å². The second-order valence-corrected chi connectivity index (χ2v) is 7.99. The normalized spacial score (nSPS) is 11.4. The SMILES string of the molecule is Cc1ncccc1-c1nc(NCCc2c[nH]c3ccc(Cl)cc23)c2ncsc2n1. The standard InChI is InChI=1S/C21H17ClN6S/c1-12-15(3-2-7-23-12)19-27-20(18-21(28-19)29-11-26-18)24-8-6-13-10-25-17-5-4-14(22)9-16(13)17/h2-5,7,9-11,25H,6,8H2,1H3,(H,24,27,28). The molecule has 0 aliphatic heterocycles. The lowest BCUT2D eigenvalue weighted by Gasteiger charge is -2.09. The van der Waals surface area contributed by atoms with Gasteiger partial charge in [0.05, 0.1) is 5.51 Å². The number of halogens is 1. The van der Waals surface area contributed by atoms with Gasteiger partial charge in [-0.05, 0) is 49.2 Å². The number of aromatic amines is 1. The van der Waals surface area contributed by atoms with Gasteiger partial charge in [-0.3, -0.25) is 4.98 Å². The monoisotopic (exact) mass is 420 g/mol. The zero-order valence-corrected chi connectivity index (χ0v) is 17.2. The van der Waals surface area contributed by atoms with E-state index in [2.05, 4.69) is 25.3 Å². The van der Waals surface area contributed by atoms with Crippen molar-refractivity contribution in [2.75, 3.05) is 11.9 Å². The summed E-state index contributed by atoms with van der Waals surface area (Å²) in [6.07, 6.45) is 4.64. The first-order chi connectivity index (χ1) is 14.2. The summed E-state index contributed by atoms with van der Waals surface area (Å²) in [6, 6.07) is 9.78. The van der Waals surface area contributed by atoms with E-state index < -0.39 is 0 Å². The van der Waals surface area contributed by atoms with Gasteiger partial charge in [-0.2, -0.15) is 0 Å². The zero-order chi connectivity index (χ0) is 19.8. The molecule has 0 atom stereocenters. The third-order valence-electron chi connectivity index (χ3n) is 4.86. The Hall–Kier alpha value is -3.03. The van der Waals surface area contributed by atoms with Gasteiger partial charge in [0.2, 0.25) is 0 Å². The summed E-state index contributed by atoms with van der Waals surface area (Å²) in [5.41, 5.74) is 6.72. The molecule has 8 heteroatoms. The van der Waals surface area contributed by atoms with Gasteiger partial charge >= 0.3 is 0 Å². The topological polar surface area (TPSA) is 79.4 Å². The Morgan fingerprint density at radius 2 is 2.10 bits per heavy atom. The fourth-order valence-corrected chi connectivity index (χ4v) is 4.23. The van der Waals surface area contributed by atoms with Gasteiger partial charge in [0.25, 0.3) is 0 Å². The van der Waals surface area contributed by atoms with Crippen LogP contribution in [0.5, 0.6) is 0 Å². The molecule has 0 unspecified atom stereocenters. The van der Waals surface area contributed by atoms with E-state index in [-0.39, 0.29) is 0 Å². The molecule has 0 radical (unpaired) electrons. The average molecular weight is 421 g/mol. The zero-order valence-electron chi connectivity index (χ0n) is 15.6. The molecule has 0 bridgehead atoms. The predicted octanol–water partition coefficient (Wildman–Crippen LogP) is 5.25. The fraction of sp³-hybridized carbons (Fsp3) is 0.143. The molecule has 4 heterocycles. The van der Waals surface area contributed by atoms with E-state index in [0.29, 0.717) is 12.4 Å². The Bertz CT molecular complexity index is 1330. The van der Waals surface area contributed by atoms with Crippen LogP contribution in [-0.4, -0.2) is 31.5 Å². The van der Waals surface area contributed by atoms with Gasteiger partial charge in [0, 0.05) is 46.1 Å². The molecule has 2 N–H and O–H groups in total. The van der Waals surface area contributed by atoms with Crippen molar-refractivity contribution in [2.24, 2.45) is 0 Å². The number of thiazole rings is 1. The molecule has 6 nitrogen and oxygen atoms in total. The van der Waals surface area contributed by atoms with Crippen molar-refractivity contribution in [1.82, 2.24) is 24.9 Å². The molecule has 1 aromatic carbocycles. The molecule has 29 heavy (non-hydrogen) atoms. The maximum absolute atomic E-state index is 6.16. The molecular weight excluding hydrogens is 404 g/mol. The first kappa shape index (κ1) is 18.0. The van der Waals surface area contributed by atoms with Crippen LogP contribution in [0.1, 0.15) is 11.3 Å². The Morgan fingerprint density at radius 1 is 1.17 bits per heavy atom. The molecule has 4 aromatic heterocycles. The van der Waals surface area contributed by atoms with E-state index in [9.17, 15) is 0 Å². The molecule has 0 saturated carbocycles. The number of nitrogens with one attached hydrogen (secondary N) is 2. The summed E-state index contributed by atoms with van der Waals surface area (Å²) in [4.78, 5) is 22.4. The number of aryl methyl sites for hydroxylation is 1. The third-order valence-corrected chi connectivity index (χ3v) is 5.82. The molecule has 5 aromatic rings. The van der Waals surface area contributed by atoms with Crippen molar-refractivity contribution < 1.29 is 0 Å². The number of rotatable bonds is 5. The van der Waals surface area contributed by atoms with Gasteiger partial charge in [-0.25, -0.2) is 15.0 Å². The first-order valence-electron chi connectivity index (χ1n) is 9.21. The summed E-state index contributed by atoms with van der Waals surface area (Å²) in [6.45, 7) is 2.68. The molecule has 0 aliphatic rings. The number of benzene rings is 1. The summed E-state index contributed by atoms with van der Waals surface area (Å²) < 4.78 is 0. The number of nitrogens with zero attached hydrogens (tertiary/aromatic N) is 4. The smallest absolute Gasteiger partial charge is 0.165 e. The number of hydrogen-bond acceptors (Lipinski definition) is 6. The summed E-state index contributed by atoms with van der Waals surface area (Å²) >= 11 is 7.67. The first-order valence-corrected chi connectivity index (χ1v) is 10.5. The predicted molar refractivity (Wildman–Crippen MR) is 119 cm³/mol.